The van der Waals surface area contributed by atoms with Crippen LogP contribution in [0.3, 0.4) is 0 Å². The average Bonchev–Trinajstić information content (AvgIpc) is 3.12. The highest BCUT2D eigenvalue weighted by molar-refractivity contribution is 7.15. The number of nitrogens with one attached hydrogen (secondary N) is 1. The minimum atomic E-state index is -0.496. The first kappa shape index (κ1) is 22.3. The van der Waals surface area contributed by atoms with Gasteiger partial charge in [0.05, 0.1) is 12.8 Å². The molecule has 0 radical (unpaired) electrons. The van der Waals surface area contributed by atoms with Crippen molar-refractivity contribution < 1.29 is 19.1 Å². The molecule has 1 aliphatic carbocycles. The van der Waals surface area contributed by atoms with Crippen molar-refractivity contribution in [3.8, 4) is 5.75 Å². The normalized spacial score (nSPS) is 15.2. The Morgan fingerprint density at radius 1 is 1.00 bits per heavy atom. The second kappa shape index (κ2) is 11.7. The van der Waals surface area contributed by atoms with E-state index in [-0.39, 0.29) is 12.5 Å². The van der Waals surface area contributed by atoms with Crippen molar-refractivity contribution in [3.63, 3.8) is 0 Å². The molecule has 0 saturated heterocycles. The fourth-order valence-electron chi connectivity index (χ4n) is 3.64. The molecule has 0 spiro atoms. The van der Waals surface area contributed by atoms with Crippen LogP contribution in [0.4, 0.5) is 5.13 Å². The summed E-state index contributed by atoms with van der Waals surface area (Å²) in [6.45, 7) is -0.196. The van der Waals surface area contributed by atoms with Crippen molar-refractivity contribution in [3.05, 3.63) is 40.4 Å². The van der Waals surface area contributed by atoms with Gasteiger partial charge >= 0.3 is 5.97 Å². The lowest BCUT2D eigenvalue weighted by Crippen LogP contribution is -2.21. The molecule has 1 aromatic carbocycles. The summed E-state index contributed by atoms with van der Waals surface area (Å²) in [6, 6.07) is 6.72. The average molecular weight is 431 g/mol. The molecule has 7 heteroatoms. The Kier molecular flexibility index (Phi) is 8.68. The SMILES string of the molecule is COC(=O)c1ccccc1OCC(=O)Nc1nc2c(s1)CCCCCCCCCC2. The topological polar surface area (TPSA) is 77.5 Å². The third kappa shape index (κ3) is 6.55. The van der Waals surface area contributed by atoms with Gasteiger partial charge in [-0.15, -0.1) is 11.3 Å². The van der Waals surface area contributed by atoms with Gasteiger partial charge in [0.25, 0.3) is 5.91 Å². The number of ether oxygens (including phenoxy) is 2. The molecule has 1 aromatic heterocycles. The third-order valence-corrected chi connectivity index (χ3v) is 6.32. The molecule has 162 valence electrons. The second-order valence-electron chi connectivity index (χ2n) is 7.54. The lowest BCUT2D eigenvalue weighted by molar-refractivity contribution is -0.118. The Bertz CT molecular complexity index is 820. The Morgan fingerprint density at radius 3 is 2.40 bits per heavy atom. The number of fused-ring (bicyclic) bond motifs is 1. The summed E-state index contributed by atoms with van der Waals surface area (Å²) in [6.07, 6.45) is 12.1. The smallest absolute Gasteiger partial charge is 0.341 e. The number of aryl methyl sites for hydroxylation is 2. The van der Waals surface area contributed by atoms with Gasteiger partial charge in [-0.05, 0) is 37.8 Å². The summed E-state index contributed by atoms with van der Waals surface area (Å²) in [4.78, 5) is 30.2. The van der Waals surface area contributed by atoms with E-state index >= 15 is 0 Å². The molecule has 6 nitrogen and oxygen atoms in total. The number of esters is 1. The standard InChI is InChI=1S/C23H30N2O4S/c1-28-22(27)17-12-10-11-14-19(17)29-16-21(26)25-23-24-18-13-8-6-4-2-3-5-7-9-15-20(18)30-23/h10-12,14H,2-9,13,15-16H2,1H3,(H,24,25,26). The van der Waals surface area contributed by atoms with Gasteiger partial charge in [-0.25, -0.2) is 9.78 Å². The Labute approximate surface area is 182 Å². The molecule has 0 atom stereocenters. The molecule has 1 aliphatic rings. The molecule has 1 heterocycles. The maximum absolute atomic E-state index is 12.4. The Balaban J connectivity index is 1.59. The van der Waals surface area contributed by atoms with E-state index in [1.807, 2.05) is 0 Å². The largest absolute Gasteiger partial charge is 0.483 e. The van der Waals surface area contributed by atoms with Crippen LogP contribution < -0.4 is 10.1 Å². The zero-order chi connectivity index (χ0) is 21.2. The van der Waals surface area contributed by atoms with E-state index in [1.165, 1.54) is 56.9 Å². The van der Waals surface area contributed by atoms with Crippen LogP contribution in [0.25, 0.3) is 0 Å². The number of para-hydroxylation sites is 1. The number of nitrogens with zero attached hydrogens (tertiary/aromatic N) is 1. The maximum Gasteiger partial charge on any atom is 0.341 e. The van der Waals surface area contributed by atoms with E-state index in [0.717, 1.165) is 25.0 Å². The lowest BCUT2D eigenvalue weighted by Gasteiger charge is -2.09. The second-order valence-corrected chi connectivity index (χ2v) is 8.63. The van der Waals surface area contributed by atoms with Crippen molar-refractivity contribution in [2.45, 2.75) is 64.2 Å². The van der Waals surface area contributed by atoms with Crippen LogP contribution in [0, 0.1) is 0 Å². The predicted molar refractivity (Wildman–Crippen MR) is 118 cm³/mol. The molecule has 0 saturated carbocycles. The highest BCUT2D eigenvalue weighted by atomic mass is 32.1. The third-order valence-electron chi connectivity index (χ3n) is 5.24. The van der Waals surface area contributed by atoms with Gasteiger partial charge in [0.15, 0.2) is 11.7 Å². The molecule has 2 aromatic rings. The van der Waals surface area contributed by atoms with Crippen LogP contribution in [-0.2, 0) is 22.4 Å². The van der Waals surface area contributed by atoms with Crippen LogP contribution in [0.5, 0.6) is 5.75 Å². The summed E-state index contributed by atoms with van der Waals surface area (Å²) in [5.41, 5.74) is 1.43. The molecule has 0 fully saturated rings. The van der Waals surface area contributed by atoms with Crippen LogP contribution in [-0.4, -0.2) is 30.6 Å². The molecule has 1 N–H and O–H groups in total. The number of methoxy groups -OCH3 is 1. The van der Waals surface area contributed by atoms with Gasteiger partial charge in [0, 0.05) is 4.88 Å². The lowest BCUT2D eigenvalue weighted by atomic mass is 10.0. The highest BCUT2D eigenvalue weighted by Crippen LogP contribution is 2.27. The Hall–Kier alpha value is -2.41. The molecule has 1 amide bonds. The first-order chi connectivity index (χ1) is 14.7. The van der Waals surface area contributed by atoms with Crippen LogP contribution >= 0.6 is 11.3 Å². The summed E-state index contributed by atoms with van der Waals surface area (Å²) >= 11 is 1.57. The first-order valence-corrected chi connectivity index (χ1v) is 11.6. The predicted octanol–water partition coefficient (Wildman–Crippen LogP) is 5.17. The molecule has 3 rings (SSSR count). The number of hydrogen-bond acceptors (Lipinski definition) is 6. The number of hydrogen-bond donors (Lipinski definition) is 1. The highest BCUT2D eigenvalue weighted by Gasteiger charge is 2.16. The number of thiazole rings is 1. The first-order valence-electron chi connectivity index (χ1n) is 10.8. The van der Waals surface area contributed by atoms with Crippen molar-refractivity contribution in [1.82, 2.24) is 4.98 Å². The molecule has 0 aliphatic heterocycles. The van der Waals surface area contributed by atoms with Crippen molar-refractivity contribution in [2.24, 2.45) is 0 Å². The van der Waals surface area contributed by atoms with Crippen LogP contribution in [0.2, 0.25) is 0 Å². The molecule has 30 heavy (non-hydrogen) atoms. The fourth-order valence-corrected chi connectivity index (χ4v) is 4.70. The van der Waals surface area contributed by atoms with Crippen molar-refractivity contribution in [1.29, 1.82) is 0 Å². The summed E-state index contributed by atoms with van der Waals surface area (Å²) < 4.78 is 10.3. The van der Waals surface area contributed by atoms with Crippen LogP contribution in [0.15, 0.2) is 24.3 Å². The summed E-state index contributed by atoms with van der Waals surface area (Å²) in [5, 5.41) is 3.49. The minimum absolute atomic E-state index is 0.196. The van der Waals surface area contributed by atoms with Crippen molar-refractivity contribution in [2.75, 3.05) is 19.0 Å². The number of rotatable bonds is 5. The molecule has 0 unspecified atom stereocenters. The van der Waals surface area contributed by atoms with Gasteiger partial charge in [0.2, 0.25) is 0 Å². The van der Waals surface area contributed by atoms with E-state index in [4.69, 9.17) is 9.47 Å². The van der Waals surface area contributed by atoms with Gasteiger partial charge in [-0.3, -0.25) is 10.1 Å². The summed E-state index contributed by atoms with van der Waals surface area (Å²) in [7, 11) is 1.31. The van der Waals surface area contributed by atoms with E-state index in [0.29, 0.717) is 16.4 Å². The molecule has 0 bridgehead atoms. The van der Waals surface area contributed by atoms with E-state index in [9.17, 15) is 9.59 Å². The fraction of sp³-hybridized carbons (Fsp3) is 0.522. The number of carbonyl (C=O) groups excluding carboxylic acids is 2. The van der Waals surface area contributed by atoms with Crippen molar-refractivity contribution >= 4 is 28.3 Å². The molecular formula is C23H30N2O4S. The van der Waals surface area contributed by atoms with Gasteiger partial charge in [-0.1, -0.05) is 50.7 Å². The number of carbonyl (C=O) groups is 2. The number of benzene rings is 1. The summed E-state index contributed by atoms with van der Waals surface area (Å²) in [5.74, 6) is -0.464. The zero-order valence-corrected chi connectivity index (χ0v) is 18.4. The monoisotopic (exact) mass is 430 g/mol. The Morgan fingerprint density at radius 2 is 1.67 bits per heavy atom. The van der Waals surface area contributed by atoms with E-state index in [2.05, 4.69) is 10.3 Å². The quantitative estimate of drug-likeness (QED) is 0.663. The van der Waals surface area contributed by atoms with E-state index in [1.54, 1.807) is 35.6 Å². The number of aromatic nitrogens is 1. The van der Waals surface area contributed by atoms with Gasteiger partial charge < -0.3 is 9.47 Å². The number of anilines is 1. The number of amides is 1. The maximum atomic E-state index is 12.4. The molecular weight excluding hydrogens is 400 g/mol. The minimum Gasteiger partial charge on any atom is -0.483 e. The van der Waals surface area contributed by atoms with E-state index < -0.39 is 5.97 Å². The van der Waals surface area contributed by atoms with Gasteiger partial charge in [-0.2, -0.15) is 0 Å². The zero-order valence-electron chi connectivity index (χ0n) is 17.6. The van der Waals surface area contributed by atoms with Gasteiger partial charge in [0.1, 0.15) is 11.3 Å². The van der Waals surface area contributed by atoms with Crippen LogP contribution in [0.1, 0.15) is 72.3 Å².